The van der Waals surface area contributed by atoms with Gasteiger partial charge in [0, 0.05) is 10.9 Å². The Morgan fingerprint density at radius 1 is 1.19 bits per heavy atom. The lowest BCUT2D eigenvalue weighted by Gasteiger charge is -2.10. The first-order chi connectivity index (χ1) is 7.66. The van der Waals surface area contributed by atoms with E-state index in [1.165, 1.54) is 4.88 Å². The van der Waals surface area contributed by atoms with Crippen LogP contribution in [0.3, 0.4) is 0 Å². The minimum Gasteiger partial charge on any atom is -0.323 e. The number of hydrogen-bond acceptors (Lipinski definition) is 2. The molecule has 0 saturated carbocycles. The normalized spacial score (nSPS) is 12.7. The molecule has 1 nitrogen and oxygen atoms in total. The van der Waals surface area contributed by atoms with E-state index in [1.807, 2.05) is 29.6 Å². The highest BCUT2D eigenvalue weighted by Gasteiger charge is 2.09. The first-order valence-electron chi connectivity index (χ1n) is 4.89. The van der Waals surface area contributed by atoms with E-state index in [1.54, 1.807) is 17.4 Å². The molecule has 16 heavy (non-hydrogen) atoms. The van der Waals surface area contributed by atoms with Crippen molar-refractivity contribution in [2.45, 2.75) is 12.5 Å². The van der Waals surface area contributed by atoms with Gasteiger partial charge in [-0.3, -0.25) is 0 Å². The van der Waals surface area contributed by atoms with Crippen molar-refractivity contribution < 1.29 is 0 Å². The monoisotopic (exact) mass is 271 g/mol. The van der Waals surface area contributed by atoms with E-state index in [0.717, 1.165) is 12.0 Å². The van der Waals surface area contributed by atoms with Crippen molar-refractivity contribution in [3.63, 3.8) is 0 Å². The molecule has 84 valence electrons. The quantitative estimate of drug-likeness (QED) is 0.885. The summed E-state index contributed by atoms with van der Waals surface area (Å²) in [7, 11) is 0. The van der Waals surface area contributed by atoms with Crippen LogP contribution in [0.4, 0.5) is 0 Å². The van der Waals surface area contributed by atoms with E-state index < -0.39 is 0 Å². The van der Waals surface area contributed by atoms with Crippen molar-refractivity contribution in [2.24, 2.45) is 5.73 Å². The van der Waals surface area contributed by atoms with Crippen LogP contribution in [0.25, 0.3) is 0 Å². The van der Waals surface area contributed by atoms with Gasteiger partial charge in [0.15, 0.2) is 0 Å². The molecule has 0 saturated heterocycles. The van der Waals surface area contributed by atoms with Crippen molar-refractivity contribution in [1.29, 1.82) is 0 Å². The highest BCUT2D eigenvalue weighted by atomic mass is 35.5. The Morgan fingerprint density at radius 2 is 2.00 bits per heavy atom. The SMILES string of the molecule is NC(Cc1ccc(Cl)c(Cl)c1)c1cccs1. The van der Waals surface area contributed by atoms with Crippen molar-refractivity contribution in [2.75, 3.05) is 0 Å². The zero-order valence-electron chi connectivity index (χ0n) is 8.49. The second-order valence-corrected chi connectivity index (χ2v) is 5.37. The largest absolute Gasteiger partial charge is 0.323 e. The average Bonchev–Trinajstić information content (AvgIpc) is 2.77. The van der Waals surface area contributed by atoms with Gasteiger partial charge >= 0.3 is 0 Å². The summed E-state index contributed by atoms with van der Waals surface area (Å²) in [6, 6.07) is 9.72. The first-order valence-corrected chi connectivity index (χ1v) is 6.53. The van der Waals surface area contributed by atoms with Gasteiger partial charge in [0.25, 0.3) is 0 Å². The van der Waals surface area contributed by atoms with Crippen LogP contribution in [0.2, 0.25) is 10.0 Å². The lowest BCUT2D eigenvalue weighted by Crippen LogP contribution is -2.11. The van der Waals surface area contributed by atoms with Crippen LogP contribution < -0.4 is 5.73 Å². The van der Waals surface area contributed by atoms with Gasteiger partial charge in [-0.2, -0.15) is 0 Å². The van der Waals surface area contributed by atoms with Gasteiger partial charge in [0.2, 0.25) is 0 Å². The third kappa shape index (κ3) is 2.77. The fourth-order valence-electron chi connectivity index (χ4n) is 1.52. The number of benzene rings is 1. The Kier molecular flexibility index (Phi) is 3.87. The topological polar surface area (TPSA) is 26.0 Å². The zero-order valence-corrected chi connectivity index (χ0v) is 10.8. The maximum atomic E-state index is 6.09. The summed E-state index contributed by atoms with van der Waals surface area (Å²) in [6.07, 6.45) is 0.775. The first kappa shape index (κ1) is 11.9. The second kappa shape index (κ2) is 5.19. The van der Waals surface area contributed by atoms with Crippen molar-refractivity contribution in [3.8, 4) is 0 Å². The van der Waals surface area contributed by atoms with Gasteiger partial charge in [-0.05, 0) is 35.6 Å². The molecule has 0 spiro atoms. The van der Waals surface area contributed by atoms with Crippen LogP contribution in [0.15, 0.2) is 35.7 Å². The van der Waals surface area contributed by atoms with Crippen LogP contribution >= 0.6 is 34.5 Å². The number of halogens is 2. The molecule has 0 aliphatic heterocycles. The number of hydrogen-bond donors (Lipinski definition) is 1. The predicted octanol–water partition coefficient (Wildman–Crippen LogP) is 4.30. The average molecular weight is 272 g/mol. The van der Waals surface area contributed by atoms with Crippen molar-refractivity contribution >= 4 is 34.5 Å². The molecule has 1 atom stereocenters. The Balaban J connectivity index is 2.12. The summed E-state index contributed by atoms with van der Waals surface area (Å²) in [5.41, 5.74) is 7.20. The molecule has 1 aromatic carbocycles. The molecule has 0 radical (unpaired) electrons. The number of rotatable bonds is 3. The lowest BCUT2D eigenvalue weighted by molar-refractivity contribution is 0.736. The molecule has 2 aromatic rings. The van der Waals surface area contributed by atoms with Crippen LogP contribution in [-0.4, -0.2) is 0 Å². The Bertz CT molecular complexity index is 468. The summed E-state index contributed by atoms with van der Waals surface area (Å²) in [5, 5.41) is 3.19. The van der Waals surface area contributed by atoms with E-state index in [2.05, 4.69) is 0 Å². The maximum absolute atomic E-state index is 6.09. The molecule has 1 aromatic heterocycles. The van der Waals surface area contributed by atoms with Gasteiger partial charge in [0.1, 0.15) is 0 Å². The Morgan fingerprint density at radius 3 is 2.62 bits per heavy atom. The summed E-state index contributed by atoms with van der Waals surface area (Å²) >= 11 is 13.5. The fraction of sp³-hybridized carbons (Fsp3) is 0.167. The zero-order chi connectivity index (χ0) is 11.5. The second-order valence-electron chi connectivity index (χ2n) is 3.57. The van der Waals surface area contributed by atoms with E-state index in [0.29, 0.717) is 10.0 Å². The Labute approximate surface area is 109 Å². The predicted molar refractivity (Wildman–Crippen MR) is 71.4 cm³/mol. The number of thiophene rings is 1. The molecule has 0 bridgehead atoms. The molecule has 2 rings (SSSR count). The van der Waals surface area contributed by atoms with Crippen LogP contribution in [0.5, 0.6) is 0 Å². The van der Waals surface area contributed by atoms with E-state index in [-0.39, 0.29) is 6.04 Å². The summed E-state index contributed by atoms with van der Waals surface area (Å²) < 4.78 is 0. The maximum Gasteiger partial charge on any atom is 0.0595 e. The molecule has 0 aliphatic carbocycles. The van der Waals surface area contributed by atoms with Gasteiger partial charge in [-0.15, -0.1) is 11.3 Å². The van der Waals surface area contributed by atoms with Gasteiger partial charge in [-0.1, -0.05) is 35.3 Å². The van der Waals surface area contributed by atoms with Crippen LogP contribution in [0, 0.1) is 0 Å². The highest BCUT2D eigenvalue weighted by molar-refractivity contribution is 7.10. The van der Waals surface area contributed by atoms with Crippen LogP contribution in [0.1, 0.15) is 16.5 Å². The van der Waals surface area contributed by atoms with Crippen molar-refractivity contribution in [1.82, 2.24) is 0 Å². The molecule has 1 heterocycles. The molecule has 0 aliphatic rings. The molecule has 4 heteroatoms. The van der Waals surface area contributed by atoms with Crippen molar-refractivity contribution in [3.05, 3.63) is 56.2 Å². The summed E-state index contributed by atoms with van der Waals surface area (Å²) in [4.78, 5) is 1.19. The molecule has 2 N–H and O–H groups in total. The van der Waals surface area contributed by atoms with Crippen LogP contribution in [-0.2, 0) is 6.42 Å². The molecular formula is C12H11Cl2NS. The van der Waals surface area contributed by atoms with E-state index in [9.17, 15) is 0 Å². The summed E-state index contributed by atoms with van der Waals surface area (Å²) in [5.74, 6) is 0. The Hall–Kier alpha value is -0.540. The molecule has 0 fully saturated rings. The fourth-order valence-corrected chi connectivity index (χ4v) is 2.57. The van der Waals surface area contributed by atoms with E-state index in [4.69, 9.17) is 28.9 Å². The number of nitrogens with two attached hydrogens (primary N) is 1. The third-order valence-corrected chi connectivity index (χ3v) is 4.09. The molecular weight excluding hydrogens is 261 g/mol. The van der Waals surface area contributed by atoms with Gasteiger partial charge in [0.05, 0.1) is 10.0 Å². The van der Waals surface area contributed by atoms with E-state index >= 15 is 0 Å². The minimum absolute atomic E-state index is 0.0252. The van der Waals surface area contributed by atoms with Gasteiger partial charge in [-0.25, -0.2) is 0 Å². The summed E-state index contributed by atoms with van der Waals surface area (Å²) in [6.45, 7) is 0. The smallest absolute Gasteiger partial charge is 0.0595 e. The molecule has 1 unspecified atom stereocenters. The molecule has 0 amide bonds. The standard InChI is InChI=1S/C12H11Cl2NS/c13-9-4-3-8(6-10(9)14)7-11(15)12-2-1-5-16-12/h1-6,11H,7,15H2. The van der Waals surface area contributed by atoms with Gasteiger partial charge < -0.3 is 5.73 Å². The highest BCUT2D eigenvalue weighted by Crippen LogP contribution is 2.26. The third-order valence-electron chi connectivity index (χ3n) is 2.35. The minimum atomic E-state index is 0.0252. The lowest BCUT2D eigenvalue weighted by atomic mass is 10.1.